The van der Waals surface area contributed by atoms with Crippen molar-refractivity contribution in [2.75, 3.05) is 13.2 Å². The van der Waals surface area contributed by atoms with Crippen LogP contribution in [0.25, 0.3) is 0 Å². The van der Waals surface area contributed by atoms with Crippen molar-refractivity contribution in [1.29, 1.82) is 0 Å². The summed E-state index contributed by atoms with van der Waals surface area (Å²) in [6.45, 7) is 6.28. The quantitative estimate of drug-likeness (QED) is 0.610. The maximum absolute atomic E-state index is 10.4. The van der Waals surface area contributed by atoms with Crippen molar-refractivity contribution in [3.63, 3.8) is 0 Å². The van der Waals surface area contributed by atoms with Crippen LogP contribution in [-0.4, -0.2) is 35.4 Å². The normalized spacial score (nSPS) is 11.4. The Labute approximate surface area is 133 Å². The molecule has 0 spiro atoms. The highest BCUT2D eigenvalue weighted by Gasteiger charge is 2.11. The highest BCUT2D eigenvalue weighted by molar-refractivity contribution is 5.73. The summed E-state index contributed by atoms with van der Waals surface area (Å²) in [7, 11) is 0. The van der Waals surface area contributed by atoms with Gasteiger partial charge in [0.2, 0.25) is 0 Å². The minimum Gasteiger partial charge on any atom is -0.508 e. The molecule has 0 saturated heterocycles. The van der Waals surface area contributed by atoms with Gasteiger partial charge in [-0.05, 0) is 37.0 Å². The van der Waals surface area contributed by atoms with Crippen LogP contribution in [0.2, 0.25) is 0 Å². The minimum atomic E-state index is -1.02. The van der Waals surface area contributed by atoms with Crippen LogP contribution in [0.4, 0.5) is 0 Å². The molecular weight excluding hydrogens is 282 g/mol. The summed E-state index contributed by atoms with van der Waals surface area (Å²) in [5.41, 5.74) is 6.12. The first-order valence-corrected chi connectivity index (χ1v) is 7.85. The average molecular weight is 311 g/mol. The Morgan fingerprint density at radius 3 is 2.05 bits per heavy atom. The van der Waals surface area contributed by atoms with E-state index in [9.17, 15) is 4.79 Å². The van der Waals surface area contributed by atoms with E-state index in [0.717, 1.165) is 18.8 Å². The zero-order chi connectivity index (χ0) is 16.8. The van der Waals surface area contributed by atoms with Crippen molar-refractivity contribution in [1.82, 2.24) is 0 Å². The number of phenols is 1. The van der Waals surface area contributed by atoms with Gasteiger partial charge < -0.3 is 20.7 Å². The van der Waals surface area contributed by atoms with Crippen LogP contribution < -0.4 is 5.73 Å². The van der Waals surface area contributed by atoms with Crippen LogP contribution in [0.15, 0.2) is 24.3 Å². The van der Waals surface area contributed by atoms with Gasteiger partial charge in [-0.2, -0.15) is 0 Å². The number of unbranched alkanes of at least 4 members (excludes halogenated alkanes) is 2. The third kappa shape index (κ3) is 11.1. The fourth-order valence-corrected chi connectivity index (χ4v) is 1.57. The summed E-state index contributed by atoms with van der Waals surface area (Å²) in [4.78, 5) is 10.4. The summed E-state index contributed by atoms with van der Waals surface area (Å²) in [6.07, 6.45) is 5.18. The zero-order valence-electron chi connectivity index (χ0n) is 13.6. The van der Waals surface area contributed by atoms with Gasteiger partial charge in [0.25, 0.3) is 0 Å². The minimum absolute atomic E-state index is 0.160. The van der Waals surface area contributed by atoms with Crippen LogP contribution in [0, 0.1) is 0 Å². The standard InChI is InChI=1S/C9H11NO3.C8H18O/c10-8(9(12)13)5-6-1-3-7(11)4-2-6;1-3-5-7-9-8-6-4-2/h1-4,8,11H,5,10H2,(H,12,13);3-8H2,1-2H3. The number of hydrogen-bond acceptors (Lipinski definition) is 4. The predicted octanol–water partition coefficient (Wildman–Crippen LogP) is 2.95. The number of carboxylic acids is 1. The number of nitrogens with two attached hydrogens (primary N) is 1. The van der Waals surface area contributed by atoms with Crippen LogP contribution >= 0.6 is 0 Å². The molecule has 4 N–H and O–H groups in total. The maximum Gasteiger partial charge on any atom is 0.320 e. The fourth-order valence-electron chi connectivity index (χ4n) is 1.57. The highest BCUT2D eigenvalue weighted by Crippen LogP contribution is 2.10. The number of rotatable bonds is 9. The van der Waals surface area contributed by atoms with E-state index in [4.69, 9.17) is 20.7 Å². The predicted molar refractivity (Wildman–Crippen MR) is 88.1 cm³/mol. The molecule has 5 nitrogen and oxygen atoms in total. The Kier molecular flexibility index (Phi) is 12.2. The molecule has 0 aliphatic rings. The van der Waals surface area contributed by atoms with E-state index in [0.29, 0.717) is 0 Å². The SMILES string of the molecule is CCCCOCCCC.NC(Cc1ccc(O)cc1)C(=O)O. The number of benzene rings is 1. The van der Waals surface area contributed by atoms with E-state index in [1.54, 1.807) is 12.1 Å². The van der Waals surface area contributed by atoms with Crippen molar-refractivity contribution in [3.8, 4) is 5.75 Å². The molecule has 0 bridgehead atoms. The summed E-state index contributed by atoms with van der Waals surface area (Å²) in [5, 5.41) is 17.5. The molecule has 0 aliphatic heterocycles. The average Bonchev–Trinajstić information content (AvgIpc) is 2.50. The third-order valence-corrected chi connectivity index (χ3v) is 2.99. The first-order chi connectivity index (χ1) is 10.5. The number of aromatic hydroxyl groups is 1. The number of carbonyl (C=O) groups is 1. The van der Waals surface area contributed by atoms with E-state index in [1.807, 2.05) is 0 Å². The molecule has 0 radical (unpaired) electrons. The van der Waals surface area contributed by atoms with Crippen molar-refractivity contribution in [3.05, 3.63) is 29.8 Å². The van der Waals surface area contributed by atoms with Crippen LogP contribution in [-0.2, 0) is 16.0 Å². The molecule has 1 atom stereocenters. The maximum atomic E-state index is 10.4. The van der Waals surface area contributed by atoms with E-state index >= 15 is 0 Å². The van der Waals surface area contributed by atoms with Gasteiger partial charge in [-0.25, -0.2) is 0 Å². The second-order valence-corrected chi connectivity index (χ2v) is 5.13. The lowest BCUT2D eigenvalue weighted by atomic mass is 10.1. The summed E-state index contributed by atoms with van der Waals surface area (Å²) >= 11 is 0. The third-order valence-electron chi connectivity index (χ3n) is 2.99. The Morgan fingerprint density at radius 1 is 1.14 bits per heavy atom. The molecule has 0 heterocycles. The molecule has 1 aromatic rings. The lowest BCUT2D eigenvalue weighted by Gasteiger charge is -2.05. The molecule has 0 saturated carbocycles. The van der Waals surface area contributed by atoms with Gasteiger partial charge in [0.1, 0.15) is 11.8 Å². The summed E-state index contributed by atoms with van der Waals surface area (Å²) in [5.74, 6) is -0.860. The molecule has 0 aliphatic carbocycles. The number of carboxylic acid groups (broad SMARTS) is 1. The number of ether oxygens (including phenoxy) is 1. The van der Waals surface area contributed by atoms with E-state index < -0.39 is 12.0 Å². The lowest BCUT2D eigenvalue weighted by molar-refractivity contribution is -0.138. The van der Waals surface area contributed by atoms with Crippen molar-refractivity contribution < 1.29 is 19.7 Å². The van der Waals surface area contributed by atoms with Crippen LogP contribution in [0.3, 0.4) is 0 Å². The van der Waals surface area contributed by atoms with Gasteiger partial charge in [-0.3, -0.25) is 4.79 Å². The Morgan fingerprint density at radius 2 is 1.64 bits per heavy atom. The van der Waals surface area contributed by atoms with E-state index in [2.05, 4.69) is 13.8 Å². The molecule has 0 aromatic heterocycles. The summed E-state index contributed by atoms with van der Waals surface area (Å²) < 4.78 is 5.31. The van der Waals surface area contributed by atoms with Gasteiger partial charge >= 0.3 is 5.97 Å². The zero-order valence-corrected chi connectivity index (χ0v) is 13.6. The molecule has 1 aromatic carbocycles. The van der Waals surface area contributed by atoms with Crippen molar-refractivity contribution >= 4 is 5.97 Å². The largest absolute Gasteiger partial charge is 0.508 e. The Balaban J connectivity index is 0.000000433. The fraction of sp³-hybridized carbons (Fsp3) is 0.588. The van der Waals surface area contributed by atoms with Crippen LogP contribution in [0.5, 0.6) is 5.75 Å². The lowest BCUT2D eigenvalue weighted by Crippen LogP contribution is -2.32. The highest BCUT2D eigenvalue weighted by atomic mass is 16.5. The van der Waals surface area contributed by atoms with Crippen LogP contribution in [0.1, 0.15) is 45.1 Å². The Hall–Kier alpha value is -1.59. The molecule has 5 heteroatoms. The molecule has 0 amide bonds. The summed E-state index contributed by atoms with van der Waals surface area (Å²) in [6, 6.07) is 5.42. The second-order valence-electron chi connectivity index (χ2n) is 5.13. The van der Waals surface area contributed by atoms with E-state index in [1.165, 1.54) is 37.8 Å². The van der Waals surface area contributed by atoms with Gasteiger partial charge in [0, 0.05) is 13.2 Å². The van der Waals surface area contributed by atoms with E-state index in [-0.39, 0.29) is 12.2 Å². The first kappa shape index (κ1) is 20.4. The number of hydrogen-bond donors (Lipinski definition) is 3. The molecule has 22 heavy (non-hydrogen) atoms. The molecule has 0 fully saturated rings. The first-order valence-electron chi connectivity index (χ1n) is 7.85. The van der Waals surface area contributed by atoms with Gasteiger partial charge in [0.05, 0.1) is 0 Å². The number of phenolic OH excluding ortho intramolecular Hbond substituents is 1. The van der Waals surface area contributed by atoms with Gasteiger partial charge in [-0.1, -0.05) is 38.8 Å². The Bertz CT molecular complexity index is 386. The van der Waals surface area contributed by atoms with Crippen molar-refractivity contribution in [2.24, 2.45) is 5.73 Å². The monoisotopic (exact) mass is 311 g/mol. The smallest absolute Gasteiger partial charge is 0.320 e. The van der Waals surface area contributed by atoms with Gasteiger partial charge in [-0.15, -0.1) is 0 Å². The molecule has 1 rings (SSSR count). The van der Waals surface area contributed by atoms with Gasteiger partial charge in [0.15, 0.2) is 0 Å². The topological polar surface area (TPSA) is 92.8 Å². The molecular formula is C17H29NO4. The second kappa shape index (κ2) is 13.1. The van der Waals surface area contributed by atoms with Crippen molar-refractivity contribution in [2.45, 2.75) is 52.0 Å². The molecule has 1 unspecified atom stereocenters. The molecule has 126 valence electrons. The number of aliphatic carboxylic acids is 1.